The summed E-state index contributed by atoms with van der Waals surface area (Å²) in [5, 5.41) is 10.9. The van der Waals surface area contributed by atoms with Gasteiger partial charge in [-0.2, -0.15) is 5.10 Å². The van der Waals surface area contributed by atoms with Crippen LogP contribution in [0.1, 0.15) is 36.3 Å². The van der Waals surface area contributed by atoms with Crippen LogP contribution in [0.5, 0.6) is 5.88 Å². The number of amides is 1. The zero-order chi connectivity index (χ0) is 16.9. The second-order valence-electron chi connectivity index (χ2n) is 6.42. The Morgan fingerprint density at radius 3 is 3.12 bits per heavy atom. The Morgan fingerprint density at radius 1 is 1.54 bits per heavy atom. The molecule has 1 amide bonds. The van der Waals surface area contributed by atoms with Crippen molar-refractivity contribution in [2.24, 2.45) is 5.92 Å². The van der Waals surface area contributed by atoms with Gasteiger partial charge in [0.05, 0.1) is 13.3 Å². The molecule has 7 heteroatoms. The van der Waals surface area contributed by atoms with Gasteiger partial charge in [-0.25, -0.2) is 0 Å². The van der Waals surface area contributed by atoms with Gasteiger partial charge in [-0.3, -0.25) is 9.89 Å². The molecule has 1 aliphatic rings. The molecule has 2 aromatic heterocycles. The summed E-state index contributed by atoms with van der Waals surface area (Å²) in [6.07, 6.45) is 6.01. The molecule has 130 valence electrons. The molecule has 0 spiro atoms. The lowest BCUT2D eigenvalue weighted by atomic mass is 9.92. The summed E-state index contributed by atoms with van der Waals surface area (Å²) >= 11 is 0. The summed E-state index contributed by atoms with van der Waals surface area (Å²) in [4.78, 5) is 14.5. The number of nitrogens with zero attached hydrogens (tertiary/aromatic N) is 3. The topological polar surface area (TPSA) is 84.2 Å². The maximum Gasteiger partial charge on any atom is 0.254 e. The predicted octanol–water partition coefficient (Wildman–Crippen LogP) is 2.13. The predicted molar refractivity (Wildman–Crippen MR) is 87.7 cm³/mol. The molecule has 2 aromatic rings. The summed E-state index contributed by atoms with van der Waals surface area (Å²) in [5.74, 6) is 1.80. The number of hydrogen-bond acceptors (Lipinski definition) is 5. The third kappa shape index (κ3) is 3.96. The van der Waals surface area contributed by atoms with Crippen LogP contribution in [0.25, 0.3) is 0 Å². The molecule has 1 atom stereocenters. The highest BCUT2D eigenvalue weighted by molar-refractivity contribution is 5.76. The summed E-state index contributed by atoms with van der Waals surface area (Å²) in [6.45, 7) is 3.73. The van der Waals surface area contributed by atoms with Crippen LogP contribution in [-0.4, -0.2) is 46.4 Å². The molecule has 0 radical (unpaired) electrons. The number of aryl methyl sites for hydroxylation is 2. The van der Waals surface area contributed by atoms with Gasteiger partial charge in [-0.15, -0.1) is 0 Å². The van der Waals surface area contributed by atoms with Gasteiger partial charge in [-0.1, -0.05) is 0 Å². The number of nitrogens with one attached hydrogen (secondary N) is 1. The molecule has 0 saturated carbocycles. The largest absolute Gasteiger partial charge is 0.479 e. The lowest BCUT2D eigenvalue weighted by Gasteiger charge is -2.32. The van der Waals surface area contributed by atoms with Crippen molar-refractivity contribution in [3.05, 3.63) is 29.3 Å². The molecule has 7 nitrogen and oxygen atoms in total. The first-order chi connectivity index (χ1) is 11.7. The molecule has 3 heterocycles. The molecule has 1 N–H and O–H groups in total. The van der Waals surface area contributed by atoms with Crippen LogP contribution < -0.4 is 4.74 Å². The number of rotatable bonds is 6. The Balaban J connectivity index is 1.50. The molecule has 1 aliphatic heterocycles. The van der Waals surface area contributed by atoms with Crippen molar-refractivity contribution in [1.82, 2.24) is 20.3 Å². The summed E-state index contributed by atoms with van der Waals surface area (Å²) in [5.41, 5.74) is 2.38. The van der Waals surface area contributed by atoms with Crippen LogP contribution in [0.2, 0.25) is 0 Å². The zero-order valence-corrected chi connectivity index (χ0v) is 14.2. The second-order valence-corrected chi connectivity index (χ2v) is 6.42. The van der Waals surface area contributed by atoms with Gasteiger partial charge < -0.3 is 14.2 Å². The number of H-pyrrole nitrogens is 1. The Hall–Kier alpha value is -2.31. The van der Waals surface area contributed by atoms with Crippen molar-refractivity contribution in [3.63, 3.8) is 0 Å². The summed E-state index contributed by atoms with van der Waals surface area (Å²) < 4.78 is 10.1. The summed E-state index contributed by atoms with van der Waals surface area (Å²) in [6, 6.07) is 1.73. The Bertz CT molecular complexity index is 679. The van der Waals surface area contributed by atoms with Crippen molar-refractivity contribution in [2.75, 3.05) is 20.2 Å². The molecule has 0 aromatic carbocycles. The van der Waals surface area contributed by atoms with Gasteiger partial charge >= 0.3 is 0 Å². The standard InChI is InChI=1S/C17H24N4O3/c1-12-10-18-19-15(12)8-13-4-3-7-21(11-13)17(22)6-5-14-9-16(23-2)20-24-14/h9-10,13H,3-8,11H2,1-2H3,(H,18,19)/t13-/m1/s1. The number of hydrogen-bond donors (Lipinski definition) is 1. The van der Waals surface area contributed by atoms with Gasteiger partial charge in [0.25, 0.3) is 5.88 Å². The minimum absolute atomic E-state index is 0.177. The molecule has 1 saturated heterocycles. The highest BCUT2D eigenvalue weighted by atomic mass is 16.5. The third-order valence-electron chi connectivity index (χ3n) is 4.63. The quantitative estimate of drug-likeness (QED) is 0.876. The monoisotopic (exact) mass is 332 g/mol. The van der Waals surface area contributed by atoms with Gasteiger partial charge in [0, 0.05) is 37.7 Å². The molecule has 1 fully saturated rings. The normalized spacial score (nSPS) is 17.9. The summed E-state index contributed by atoms with van der Waals surface area (Å²) in [7, 11) is 1.54. The van der Waals surface area contributed by atoms with Crippen LogP contribution in [0.3, 0.4) is 0 Å². The fourth-order valence-electron chi connectivity index (χ4n) is 3.22. The minimum Gasteiger partial charge on any atom is -0.479 e. The number of piperidine rings is 1. The van der Waals surface area contributed by atoms with Crippen LogP contribution in [0.15, 0.2) is 16.8 Å². The van der Waals surface area contributed by atoms with Gasteiger partial charge in [0.2, 0.25) is 5.91 Å². The molecule has 0 bridgehead atoms. The van der Waals surface area contributed by atoms with Crippen LogP contribution in [-0.2, 0) is 17.6 Å². The first kappa shape index (κ1) is 16.5. The van der Waals surface area contributed by atoms with E-state index in [-0.39, 0.29) is 5.91 Å². The Morgan fingerprint density at radius 2 is 2.42 bits per heavy atom. The first-order valence-electron chi connectivity index (χ1n) is 8.42. The number of methoxy groups -OCH3 is 1. The average molecular weight is 332 g/mol. The zero-order valence-electron chi connectivity index (χ0n) is 14.2. The molecular formula is C17H24N4O3. The highest BCUT2D eigenvalue weighted by Crippen LogP contribution is 2.22. The Labute approximate surface area is 141 Å². The fraction of sp³-hybridized carbons (Fsp3) is 0.588. The number of aromatic nitrogens is 3. The van der Waals surface area contributed by atoms with Crippen molar-refractivity contribution >= 4 is 5.91 Å². The van der Waals surface area contributed by atoms with Crippen LogP contribution in [0.4, 0.5) is 0 Å². The van der Waals surface area contributed by atoms with Crippen LogP contribution in [0, 0.1) is 12.8 Å². The number of carbonyl (C=O) groups excluding carboxylic acids is 1. The molecule has 0 aliphatic carbocycles. The highest BCUT2D eigenvalue weighted by Gasteiger charge is 2.24. The fourth-order valence-corrected chi connectivity index (χ4v) is 3.22. The van der Waals surface area contributed by atoms with E-state index in [1.165, 1.54) is 11.3 Å². The van der Waals surface area contributed by atoms with E-state index in [0.29, 0.717) is 30.4 Å². The maximum atomic E-state index is 12.5. The minimum atomic E-state index is 0.177. The maximum absolute atomic E-state index is 12.5. The van der Waals surface area contributed by atoms with E-state index in [1.54, 1.807) is 13.2 Å². The number of carbonyl (C=O) groups is 1. The second kappa shape index (κ2) is 7.51. The van der Waals surface area contributed by atoms with Crippen molar-refractivity contribution in [1.29, 1.82) is 0 Å². The van der Waals surface area contributed by atoms with Gasteiger partial charge in [0.1, 0.15) is 5.76 Å². The lowest BCUT2D eigenvalue weighted by Crippen LogP contribution is -2.40. The SMILES string of the molecule is COc1cc(CCC(=O)N2CCC[C@H](Cc3[nH]ncc3C)C2)on1. The smallest absolute Gasteiger partial charge is 0.254 e. The van der Waals surface area contributed by atoms with E-state index >= 15 is 0 Å². The molecule has 3 rings (SSSR count). The average Bonchev–Trinajstić information content (AvgIpc) is 3.22. The molecule has 24 heavy (non-hydrogen) atoms. The number of likely N-dealkylation sites (tertiary alicyclic amines) is 1. The number of ether oxygens (including phenoxy) is 1. The van der Waals surface area contributed by atoms with Crippen LogP contribution >= 0.6 is 0 Å². The van der Waals surface area contributed by atoms with Crippen molar-refractivity contribution in [2.45, 2.75) is 39.0 Å². The van der Waals surface area contributed by atoms with E-state index in [0.717, 1.165) is 32.4 Å². The van der Waals surface area contributed by atoms with Crippen molar-refractivity contribution < 1.29 is 14.1 Å². The first-order valence-corrected chi connectivity index (χ1v) is 8.42. The third-order valence-corrected chi connectivity index (χ3v) is 4.63. The Kier molecular flexibility index (Phi) is 5.17. The number of aromatic amines is 1. The van der Waals surface area contributed by atoms with Crippen molar-refractivity contribution in [3.8, 4) is 5.88 Å². The van der Waals surface area contributed by atoms with E-state index < -0.39 is 0 Å². The molecule has 0 unspecified atom stereocenters. The van der Waals surface area contributed by atoms with Gasteiger partial charge in [-0.05, 0) is 42.8 Å². The van der Waals surface area contributed by atoms with E-state index in [9.17, 15) is 4.79 Å². The van der Waals surface area contributed by atoms with E-state index in [1.807, 2.05) is 11.1 Å². The van der Waals surface area contributed by atoms with Gasteiger partial charge in [0.15, 0.2) is 0 Å². The van der Waals surface area contributed by atoms with E-state index in [2.05, 4.69) is 22.3 Å². The lowest BCUT2D eigenvalue weighted by molar-refractivity contribution is -0.133. The van der Waals surface area contributed by atoms with E-state index in [4.69, 9.17) is 9.26 Å². The molecular weight excluding hydrogens is 308 g/mol.